The van der Waals surface area contributed by atoms with Crippen LogP contribution in [0.5, 0.6) is 11.5 Å². The van der Waals surface area contributed by atoms with Crippen LogP contribution in [0.3, 0.4) is 0 Å². The van der Waals surface area contributed by atoms with Crippen molar-refractivity contribution in [2.24, 2.45) is 0 Å². The van der Waals surface area contributed by atoms with Crippen LogP contribution >= 0.6 is 0 Å². The normalized spacial score (nSPS) is 11.6. The van der Waals surface area contributed by atoms with Crippen LogP contribution < -0.4 is 9.16 Å². The Morgan fingerprint density at radius 2 is 1.00 bits per heavy atom. The topological polar surface area (TPSA) is 27.7 Å². The Balaban J connectivity index is 1.89. The predicted molar refractivity (Wildman–Crippen MR) is 132 cm³/mol. The predicted octanol–water partition coefficient (Wildman–Crippen LogP) is 8.66. The summed E-state index contributed by atoms with van der Waals surface area (Å²) in [5, 5.41) is 0. The number of ether oxygens (including phenoxy) is 1. The van der Waals surface area contributed by atoms with Gasteiger partial charge in [0.15, 0.2) is 0 Å². The van der Waals surface area contributed by atoms with Gasteiger partial charge < -0.3 is 13.6 Å². The highest BCUT2D eigenvalue weighted by atomic mass is 28.4. The summed E-state index contributed by atoms with van der Waals surface area (Å²) in [7, 11) is -0.444. The molecule has 0 saturated heterocycles. The minimum absolute atomic E-state index is 0.813. The van der Waals surface area contributed by atoms with E-state index in [4.69, 9.17) is 13.6 Å². The first-order valence-corrected chi connectivity index (χ1v) is 15.4. The smallest absolute Gasteiger partial charge is 0.392 e. The highest BCUT2D eigenvalue weighted by Crippen LogP contribution is 2.21. The van der Waals surface area contributed by atoms with Gasteiger partial charge >= 0.3 is 8.56 Å². The van der Waals surface area contributed by atoms with E-state index < -0.39 is 8.56 Å². The van der Waals surface area contributed by atoms with E-state index in [9.17, 15) is 0 Å². The molecule has 0 N–H and O–H groups in total. The lowest BCUT2D eigenvalue weighted by Gasteiger charge is -2.24. The van der Waals surface area contributed by atoms with Crippen molar-refractivity contribution in [3.63, 3.8) is 0 Å². The van der Waals surface area contributed by atoms with E-state index in [0.29, 0.717) is 0 Å². The minimum atomic E-state index is -2.12. The molecule has 0 saturated carbocycles. The summed E-state index contributed by atoms with van der Waals surface area (Å²) < 4.78 is 17.4. The number of rotatable bonds is 20. The molecule has 4 heteroatoms. The standard InChI is InChI=1S/C26H48O3Si/c1-5-6-7-8-9-10-11-12-13-14-15-16-17-18-19-24-28-30(3,4)29-26-22-20-25(27-2)21-23-26/h20-23H,5-19,24H2,1-4H3. The fraction of sp³-hybridized carbons (Fsp3) is 0.769. The van der Waals surface area contributed by atoms with Gasteiger partial charge in [0.1, 0.15) is 11.5 Å². The minimum Gasteiger partial charge on any atom is -0.520 e. The quantitative estimate of drug-likeness (QED) is 0.151. The zero-order valence-electron chi connectivity index (χ0n) is 20.3. The molecule has 0 aliphatic rings. The Hall–Kier alpha value is -1.00. The van der Waals surface area contributed by atoms with E-state index in [2.05, 4.69) is 20.0 Å². The van der Waals surface area contributed by atoms with Gasteiger partial charge in [-0.1, -0.05) is 96.8 Å². The molecular formula is C26H48O3Si. The SMILES string of the molecule is CCCCCCCCCCCCCCCCCO[Si](C)(C)Oc1ccc(OC)cc1. The largest absolute Gasteiger partial charge is 0.520 e. The van der Waals surface area contributed by atoms with E-state index in [1.165, 1.54) is 89.9 Å². The van der Waals surface area contributed by atoms with Crippen LogP contribution in [0.2, 0.25) is 13.1 Å². The second-order valence-electron chi connectivity index (χ2n) is 8.98. The van der Waals surface area contributed by atoms with E-state index in [-0.39, 0.29) is 0 Å². The fourth-order valence-corrected chi connectivity index (χ4v) is 5.15. The van der Waals surface area contributed by atoms with E-state index >= 15 is 0 Å². The molecule has 0 bridgehead atoms. The summed E-state index contributed by atoms with van der Waals surface area (Å²) in [6.07, 6.45) is 20.8. The van der Waals surface area contributed by atoms with Gasteiger partial charge in [-0.25, -0.2) is 0 Å². The summed E-state index contributed by atoms with van der Waals surface area (Å²) in [6.45, 7) is 7.33. The third-order valence-corrected chi connectivity index (χ3v) is 7.25. The molecule has 0 heterocycles. The maximum Gasteiger partial charge on any atom is 0.392 e. The second-order valence-corrected chi connectivity index (χ2v) is 12.3. The molecule has 30 heavy (non-hydrogen) atoms. The van der Waals surface area contributed by atoms with Crippen LogP contribution in [0, 0.1) is 0 Å². The summed E-state index contributed by atoms with van der Waals surface area (Å²) in [5.74, 6) is 1.71. The monoisotopic (exact) mass is 436 g/mol. The van der Waals surface area contributed by atoms with Crippen LogP contribution in [0.15, 0.2) is 24.3 Å². The zero-order chi connectivity index (χ0) is 21.9. The van der Waals surface area contributed by atoms with Gasteiger partial charge in [0.25, 0.3) is 0 Å². The third-order valence-electron chi connectivity index (χ3n) is 5.62. The summed E-state index contributed by atoms with van der Waals surface area (Å²) >= 11 is 0. The molecule has 0 aliphatic heterocycles. The first-order valence-electron chi connectivity index (χ1n) is 12.5. The van der Waals surface area contributed by atoms with Gasteiger partial charge in [0.05, 0.1) is 7.11 Å². The number of hydrogen-bond acceptors (Lipinski definition) is 3. The molecule has 174 valence electrons. The zero-order valence-corrected chi connectivity index (χ0v) is 21.3. The van der Waals surface area contributed by atoms with Gasteiger partial charge in [-0.05, 0) is 43.8 Å². The molecule has 0 fully saturated rings. The molecule has 3 nitrogen and oxygen atoms in total. The van der Waals surface area contributed by atoms with Crippen LogP contribution in [0.4, 0.5) is 0 Å². The molecular weight excluding hydrogens is 388 g/mol. The molecule has 0 amide bonds. The number of hydrogen-bond donors (Lipinski definition) is 0. The van der Waals surface area contributed by atoms with Gasteiger partial charge in [0.2, 0.25) is 0 Å². The van der Waals surface area contributed by atoms with Crippen molar-refractivity contribution in [2.75, 3.05) is 13.7 Å². The number of benzene rings is 1. The van der Waals surface area contributed by atoms with Crippen molar-refractivity contribution < 1.29 is 13.6 Å². The average molecular weight is 437 g/mol. The molecule has 0 aliphatic carbocycles. The maximum absolute atomic E-state index is 6.09. The van der Waals surface area contributed by atoms with Crippen molar-refractivity contribution in [2.45, 2.75) is 116 Å². The van der Waals surface area contributed by atoms with Gasteiger partial charge in [-0.2, -0.15) is 0 Å². The highest BCUT2D eigenvalue weighted by Gasteiger charge is 2.26. The van der Waals surface area contributed by atoms with E-state index in [0.717, 1.165) is 24.5 Å². The van der Waals surface area contributed by atoms with E-state index in [1.54, 1.807) is 7.11 Å². The van der Waals surface area contributed by atoms with Crippen molar-refractivity contribution in [3.8, 4) is 11.5 Å². The molecule has 1 aromatic carbocycles. The lowest BCUT2D eigenvalue weighted by molar-refractivity contribution is 0.240. The van der Waals surface area contributed by atoms with Crippen molar-refractivity contribution >= 4 is 8.56 Å². The second kappa shape index (κ2) is 17.7. The highest BCUT2D eigenvalue weighted by molar-refractivity contribution is 6.65. The van der Waals surface area contributed by atoms with Gasteiger partial charge in [0, 0.05) is 6.61 Å². The average Bonchev–Trinajstić information content (AvgIpc) is 2.73. The van der Waals surface area contributed by atoms with Crippen molar-refractivity contribution in [3.05, 3.63) is 24.3 Å². The Bertz CT molecular complexity index is 502. The summed E-state index contributed by atoms with van der Waals surface area (Å²) in [5.41, 5.74) is 0. The van der Waals surface area contributed by atoms with Crippen molar-refractivity contribution in [1.82, 2.24) is 0 Å². The molecule has 0 radical (unpaired) electrons. The van der Waals surface area contributed by atoms with Crippen LogP contribution in [0.1, 0.15) is 103 Å². The summed E-state index contributed by atoms with van der Waals surface area (Å²) in [4.78, 5) is 0. The first-order chi connectivity index (χ1) is 14.6. The molecule has 1 rings (SSSR count). The lowest BCUT2D eigenvalue weighted by atomic mass is 10.0. The lowest BCUT2D eigenvalue weighted by Crippen LogP contribution is -2.38. The Morgan fingerprint density at radius 1 is 0.600 bits per heavy atom. The van der Waals surface area contributed by atoms with E-state index in [1.807, 2.05) is 24.3 Å². The number of methoxy groups -OCH3 is 1. The molecule has 1 aromatic rings. The Kier molecular flexibility index (Phi) is 15.9. The fourth-order valence-electron chi connectivity index (χ4n) is 3.75. The summed E-state index contributed by atoms with van der Waals surface area (Å²) in [6, 6.07) is 7.75. The Labute approximate surface area is 188 Å². The third kappa shape index (κ3) is 14.9. The maximum atomic E-state index is 6.09. The number of unbranched alkanes of at least 4 members (excludes halogenated alkanes) is 14. The Morgan fingerprint density at radius 3 is 1.43 bits per heavy atom. The van der Waals surface area contributed by atoms with Crippen molar-refractivity contribution in [1.29, 1.82) is 0 Å². The van der Waals surface area contributed by atoms with Gasteiger partial charge in [-0.15, -0.1) is 0 Å². The van der Waals surface area contributed by atoms with Crippen LogP contribution in [-0.2, 0) is 4.43 Å². The van der Waals surface area contributed by atoms with Crippen LogP contribution in [-0.4, -0.2) is 22.3 Å². The molecule has 0 atom stereocenters. The molecule has 0 spiro atoms. The molecule has 0 unspecified atom stereocenters. The first kappa shape index (κ1) is 27.0. The van der Waals surface area contributed by atoms with Crippen LogP contribution in [0.25, 0.3) is 0 Å². The molecule has 0 aromatic heterocycles. The van der Waals surface area contributed by atoms with Gasteiger partial charge in [-0.3, -0.25) is 0 Å².